The molecule has 0 aliphatic heterocycles. The van der Waals surface area contributed by atoms with E-state index in [9.17, 15) is 17.6 Å². The van der Waals surface area contributed by atoms with Crippen LogP contribution in [0.15, 0.2) is 59.6 Å². The van der Waals surface area contributed by atoms with Crippen LogP contribution in [0.1, 0.15) is 38.7 Å². The Hall–Kier alpha value is -3.65. The average Bonchev–Trinajstić information content (AvgIpc) is 3.19. The second-order valence-electron chi connectivity index (χ2n) is 8.80. The number of rotatable bonds is 7. The highest BCUT2D eigenvalue weighted by atomic mass is 32.2. The molecule has 0 radical (unpaired) electrons. The Balaban J connectivity index is 1.86. The van der Waals surface area contributed by atoms with Crippen LogP contribution in [0, 0.1) is 26.6 Å². The van der Waals surface area contributed by atoms with Crippen molar-refractivity contribution in [1.29, 1.82) is 0 Å². The number of carbonyl (C=O) groups is 1. The molecule has 3 aromatic carbocycles. The maximum absolute atomic E-state index is 14.0. The summed E-state index contributed by atoms with van der Waals surface area (Å²) in [6, 6.07) is 11.8. The van der Waals surface area contributed by atoms with Gasteiger partial charge in [-0.2, -0.15) is 0 Å². The lowest BCUT2D eigenvalue weighted by Gasteiger charge is -2.22. The van der Waals surface area contributed by atoms with Crippen molar-refractivity contribution in [2.75, 3.05) is 18.7 Å². The summed E-state index contributed by atoms with van der Waals surface area (Å²) >= 11 is 0. The summed E-state index contributed by atoms with van der Waals surface area (Å²) in [6.45, 7) is 5.72. The molecule has 0 spiro atoms. The predicted molar refractivity (Wildman–Crippen MR) is 136 cm³/mol. The number of aromatic nitrogens is 1. The monoisotopic (exact) mass is 494 g/mol. The van der Waals surface area contributed by atoms with Gasteiger partial charge in [0.25, 0.3) is 0 Å². The third kappa shape index (κ3) is 4.93. The lowest BCUT2D eigenvalue weighted by molar-refractivity contribution is 0.0971. The van der Waals surface area contributed by atoms with Gasteiger partial charge < -0.3 is 15.0 Å². The van der Waals surface area contributed by atoms with Crippen LogP contribution in [0.25, 0.3) is 10.9 Å². The minimum absolute atomic E-state index is 0.0552. The van der Waals surface area contributed by atoms with E-state index in [4.69, 9.17) is 4.74 Å². The largest absolute Gasteiger partial charge is 0.497 e. The van der Waals surface area contributed by atoms with Crippen molar-refractivity contribution in [1.82, 2.24) is 4.98 Å². The summed E-state index contributed by atoms with van der Waals surface area (Å²) in [4.78, 5) is 17.2. The number of Topliss-reactive ketones (excluding diaryl/α,β-unsaturated/α-hetero) is 1. The van der Waals surface area contributed by atoms with Gasteiger partial charge in [-0.15, -0.1) is 0 Å². The summed E-state index contributed by atoms with van der Waals surface area (Å²) in [7, 11) is -2.09. The molecule has 1 aromatic heterocycles. The molecule has 35 heavy (non-hydrogen) atoms. The normalized spacial score (nSPS) is 12.5. The van der Waals surface area contributed by atoms with Gasteiger partial charge in [0, 0.05) is 40.7 Å². The van der Waals surface area contributed by atoms with E-state index in [0.29, 0.717) is 28.1 Å². The molecule has 0 aliphatic carbocycles. The van der Waals surface area contributed by atoms with Crippen LogP contribution in [0.5, 0.6) is 5.75 Å². The zero-order chi connectivity index (χ0) is 25.5. The molecular weight excluding hydrogens is 467 g/mol. The molecule has 0 saturated heterocycles. The topological polar surface area (TPSA) is 88.3 Å². The highest BCUT2D eigenvalue weighted by Crippen LogP contribution is 2.33. The Labute approximate surface area is 204 Å². The number of hydrogen-bond donors (Lipinski definition) is 2. The number of carbonyl (C=O) groups excluding carboxylic acids is 1. The van der Waals surface area contributed by atoms with Gasteiger partial charge in [0.2, 0.25) is 0 Å². The first kappa shape index (κ1) is 24.5. The lowest BCUT2D eigenvalue weighted by Crippen LogP contribution is -2.22. The van der Waals surface area contributed by atoms with E-state index < -0.39 is 21.7 Å². The fourth-order valence-corrected chi connectivity index (χ4v) is 4.82. The van der Waals surface area contributed by atoms with Crippen LogP contribution < -0.4 is 10.1 Å². The predicted octanol–water partition coefficient (Wildman–Crippen LogP) is 5.68. The fraction of sp³-hybridized carbons (Fsp3) is 0.222. The van der Waals surface area contributed by atoms with Gasteiger partial charge >= 0.3 is 0 Å². The quantitative estimate of drug-likeness (QED) is 0.323. The van der Waals surface area contributed by atoms with E-state index in [1.807, 2.05) is 26.0 Å². The van der Waals surface area contributed by atoms with Crippen molar-refractivity contribution in [3.63, 3.8) is 0 Å². The van der Waals surface area contributed by atoms with Gasteiger partial charge in [0.05, 0.1) is 12.0 Å². The van der Waals surface area contributed by atoms with Crippen LogP contribution in [0.2, 0.25) is 0 Å². The highest BCUT2D eigenvalue weighted by molar-refractivity contribution is 7.90. The first-order valence-corrected chi connectivity index (χ1v) is 12.9. The SMILES string of the molecule is COc1cc(NC(C(=O)c2c[nH]c3cc(C)c(C)cc23)c2ccc(F)cc2C)cc(S(C)(=O)=O)c1. The fourth-order valence-electron chi connectivity index (χ4n) is 4.15. The lowest BCUT2D eigenvalue weighted by atomic mass is 9.93. The molecule has 182 valence electrons. The molecular formula is C27H27FN2O4S. The van der Waals surface area contributed by atoms with Crippen molar-refractivity contribution in [2.45, 2.75) is 31.7 Å². The standard InChI is InChI=1S/C27H27FN2O4S/c1-15-9-23-24(14-29-25(23)10-16(15)2)27(31)26(22-7-6-18(28)8-17(22)3)30-19-11-20(34-4)13-21(12-19)35(5,32)33/h6-14,26,29-30H,1-5H3. The van der Waals surface area contributed by atoms with Crippen LogP contribution in [-0.4, -0.2) is 32.6 Å². The zero-order valence-corrected chi connectivity index (χ0v) is 21.0. The molecule has 0 saturated carbocycles. The van der Waals surface area contributed by atoms with Crippen molar-refractivity contribution < 1.29 is 22.3 Å². The summed E-state index contributed by atoms with van der Waals surface area (Å²) in [6.07, 6.45) is 2.78. The molecule has 0 fully saturated rings. The first-order chi connectivity index (χ1) is 16.5. The molecule has 4 rings (SSSR count). The summed E-state index contributed by atoms with van der Waals surface area (Å²) in [5.41, 5.74) is 5.04. The van der Waals surface area contributed by atoms with E-state index in [0.717, 1.165) is 28.3 Å². The van der Waals surface area contributed by atoms with Crippen molar-refractivity contribution in [2.24, 2.45) is 0 Å². The van der Waals surface area contributed by atoms with Gasteiger partial charge in [0.15, 0.2) is 15.6 Å². The zero-order valence-electron chi connectivity index (χ0n) is 20.2. The van der Waals surface area contributed by atoms with Gasteiger partial charge in [-0.05, 0) is 79.4 Å². The average molecular weight is 495 g/mol. The number of anilines is 1. The van der Waals surface area contributed by atoms with Crippen LogP contribution in [0.4, 0.5) is 10.1 Å². The third-order valence-electron chi connectivity index (χ3n) is 6.22. The molecule has 1 atom stereocenters. The molecule has 0 bridgehead atoms. The molecule has 2 N–H and O–H groups in total. The van der Waals surface area contributed by atoms with E-state index in [1.54, 1.807) is 25.3 Å². The number of fused-ring (bicyclic) bond motifs is 1. The molecule has 0 amide bonds. The number of ether oxygens (including phenoxy) is 1. The van der Waals surface area contributed by atoms with Crippen molar-refractivity contribution in [3.05, 3.63) is 88.4 Å². The number of aromatic amines is 1. The Kier molecular flexibility index (Phi) is 6.42. The smallest absolute Gasteiger partial charge is 0.191 e. The second kappa shape index (κ2) is 9.19. The molecule has 4 aromatic rings. The summed E-state index contributed by atoms with van der Waals surface area (Å²) in [5.74, 6) is -0.315. The first-order valence-electron chi connectivity index (χ1n) is 11.0. The number of halogens is 1. The Morgan fingerprint density at radius 1 is 1.00 bits per heavy atom. The van der Waals surface area contributed by atoms with Crippen LogP contribution in [0.3, 0.4) is 0 Å². The van der Waals surface area contributed by atoms with E-state index in [2.05, 4.69) is 10.3 Å². The molecule has 1 unspecified atom stereocenters. The van der Waals surface area contributed by atoms with E-state index in [-0.39, 0.29) is 10.7 Å². The van der Waals surface area contributed by atoms with Crippen molar-refractivity contribution >= 4 is 32.2 Å². The molecule has 1 heterocycles. The number of benzene rings is 3. The van der Waals surface area contributed by atoms with E-state index >= 15 is 0 Å². The number of hydrogen-bond acceptors (Lipinski definition) is 5. The number of H-pyrrole nitrogens is 1. The van der Waals surface area contributed by atoms with Gasteiger partial charge in [-0.25, -0.2) is 12.8 Å². The minimum atomic E-state index is -3.53. The third-order valence-corrected chi connectivity index (χ3v) is 7.31. The Bertz CT molecular complexity index is 1560. The minimum Gasteiger partial charge on any atom is -0.497 e. The highest BCUT2D eigenvalue weighted by Gasteiger charge is 2.27. The second-order valence-corrected chi connectivity index (χ2v) is 10.8. The maximum atomic E-state index is 14.0. The van der Waals surface area contributed by atoms with Gasteiger partial charge in [-0.3, -0.25) is 4.79 Å². The molecule has 0 aliphatic rings. The summed E-state index contributed by atoms with van der Waals surface area (Å²) < 4.78 is 43.6. The Morgan fingerprint density at radius 2 is 1.71 bits per heavy atom. The van der Waals surface area contributed by atoms with Gasteiger partial charge in [0.1, 0.15) is 17.6 Å². The number of sulfone groups is 1. The van der Waals surface area contributed by atoms with Crippen LogP contribution >= 0.6 is 0 Å². The molecule has 8 heteroatoms. The number of aryl methyl sites for hydroxylation is 3. The number of nitrogens with one attached hydrogen (secondary N) is 2. The summed E-state index contributed by atoms with van der Waals surface area (Å²) in [5, 5.41) is 3.98. The van der Waals surface area contributed by atoms with Crippen LogP contribution in [-0.2, 0) is 9.84 Å². The van der Waals surface area contributed by atoms with E-state index in [1.165, 1.54) is 31.4 Å². The Morgan fingerprint density at radius 3 is 2.37 bits per heavy atom. The number of ketones is 1. The molecule has 6 nitrogen and oxygen atoms in total. The van der Waals surface area contributed by atoms with Gasteiger partial charge in [-0.1, -0.05) is 6.07 Å². The van der Waals surface area contributed by atoms with Crippen molar-refractivity contribution in [3.8, 4) is 5.75 Å². The number of methoxy groups -OCH3 is 1. The maximum Gasteiger partial charge on any atom is 0.191 e.